The van der Waals surface area contributed by atoms with Crippen LogP contribution in [0.4, 0.5) is 9.18 Å². The third-order valence-electron chi connectivity index (χ3n) is 4.49. The van der Waals surface area contributed by atoms with Crippen molar-refractivity contribution < 1.29 is 18.8 Å². The highest BCUT2D eigenvalue weighted by molar-refractivity contribution is 5.75. The number of aryl methyl sites for hydroxylation is 1. The van der Waals surface area contributed by atoms with Crippen molar-refractivity contribution in [1.82, 2.24) is 20.4 Å². The number of nitrogens with zero attached hydrogens (tertiary/aromatic N) is 3. The van der Waals surface area contributed by atoms with E-state index in [4.69, 9.17) is 4.52 Å². The van der Waals surface area contributed by atoms with Gasteiger partial charge in [0.2, 0.25) is 5.89 Å². The Bertz CT molecular complexity index is 751. The fourth-order valence-corrected chi connectivity index (χ4v) is 2.87. The van der Waals surface area contributed by atoms with Crippen LogP contribution in [0.15, 0.2) is 28.8 Å². The average molecular weight is 348 g/mol. The van der Waals surface area contributed by atoms with Crippen molar-refractivity contribution in [2.24, 2.45) is 5.92 Å². The monoisotopic (exact) mass is 348 g/mol. The van der Waals surface area contributed by atoms with Crippen LogP contribution in [0.5, 0.6) is 0 Å². The van der Waals surface area contributed by atoms with E-state index < -0.39 is 24.0 Å². The summed E-state index contributed by atoms with van der Waals surface area (Å²) in [7, 11) is 0. The number of hydrogen-bond acceptors (Lipinski definition) is 5. The quantitative estimate of drug-likeness (QED) is 0.885. The van der Waals surface area contributed by atoms with Gasteiger partial charge >= 0.3 is 6.03 Å². The van der Waals surface area contributed by atoms with Crippen LogP contribution in [0.1, 0.15) is 36.7 Å². The Labute approximate surface area is 144 Å². The first kappa shape index (κ1) is 17.3. The van der Waals surface area contributed by atoms with Gasteiger partial charge in [0.15, 0.2) is 5.82 Å². The summed E-state index contributed by atoms with van der Waals surface area (Å²) in [5.41, 5.74) is 0.252. The standard InChI is InChI=1S/C17H21FN4O3/c1-10-7-8-22(9-14(10)23)17(24)20-15(16-19-11(2)25-21-16)12-5-3-4-6-13(12)18/h3-6,10,14-15,23H,7-9H2,1-2H3,(H,20,24)/t10-,14-,15+/m0/s1. The molecule has 134 valence electrons. The maximum Gasteiger partial charge on any atom is 0.318 e. The molecular formula is C17H21FN4O3. The van der Waals surface area contributed by atoms with E-state index in [2.05, 4.69) is 15.5 Å². The molecule has 0 bridgehead atoms. The SMILES string of the molecule is Cc1nc([C@H](NC(=O)N2CC[C@H](C)[C@@H](O)C2)c2ccccc2F)no1. The number of aliphatic hydroxyl groups excluding tert-OH is 1. The highest BCUT2D eigenvalue weighted by atomic mass is 19.1. The van der Waals surface area contributed by atoms with Crippen molar-refractivity contribution in [3.05, 3.63) is 47.4 Å². The summed E-state index contributed by atoms with van der Waals surface area (Å²) in [6.07, 6.45) is 0.138. The van der Waals surface area contributed by atoms with Crippen molar-refractivity contribution in [1.29, 1.82) is 0 Å². The molecule has 1 aromatic heterocycles. The fraction of sp³-hybridized carbons (Fsp3) is 0.471. The van der Waals surface area contributed by atoms with Gasteiger partial charge in [-0.1, -0.05) is 30.3 Å². The molecular weight excluding hydrogens is 327 g/mol. The number of hydrogen-bond donors (Lipinski definition) is 2. The third kappa shape index (κ3) is 3.79. The minimum atomic E-state index is -0.873. The summed E-state index contributed by atoms with van der Waals surface area (Å²) < 4.78 is 19.2. The molecule has 25 heavy (non-hydrogen) atoms. The zero-order valence-electron chi connectivity index (χ0n) is 14.1. The lowest BCUT2D eigenvalue weighted by Crippen LogP contribution is -2.50. The van der Waals surface area contributed by atoms with Crippen molar-refractivity contribution in [2.75, 3.05) is 13.1 Å². The summed E-state index contributed by atoms with van der Waals surface area (Å²) in [5, 5.41) is 16.6. The summed E-state index contributed by atoms with van der Waals surface area (Å²) in [4.78, 5) is 18.3. The van der Waals surface area contributed by atoms with E-state index in [0.29, 0.717) is 18.9 Å². The number of carbonyl (C=O) groups is 1. The van der Waals surface area contributed by atoms with Crippen molar-refractivity contribution in [3.8, 4) is 0 Å². The first-order valence-electron chi connectivity index (χ1n) is 8.24. The maximum absolute atomic E-state index is 14.2. The first-order chi connectivity index (χ1) is 12.0. The molecule has 0 spiro atoms. The summed E-state index contributed by atoms with van der Waals surface area (Å²) in [6.45, 7) is 4.34. The van der Waals surface area contributed by atoms with Crippen LogP contribution >= 0.6 is 0 Å². The molecule has 0 aliphatic carbocycles. The Hall–Kier alpha value is -2.48. The maximum atomic E-state index is 14.2. The lowest BCUT2D eigenvalue weighted by atomic mass is 9.96. The number of aromatic nitrogens is 2. The number of piperidine rings is 1. The van der Waals surface area contributed by atoms with Crippen LogP contribution in [0.25, 0.3) is 0 Å². The van der Waals surface area contributed by atoms with E-state index in [1.54, 1.807) is 25.1 Å². The second kappa shape index (κ2) is 7.18. The van der Waals surface area contributed by atoms with Crippen molar-refractivity contribution in [2.45, 2.75) is 32.4 Å². The average Bonchev–Trinajstić information content (AvgIpc) is 3.02. The van der Waals surface area contributed by atoms with Crippen LogP contribution in [0, 0.1) is 18.7 Å². The number of halogens is 1. The zero-order valence-corrected chi connectivity index (χ0v) is 14.1. The molecule has 1 fully saturated rings. The van der Waals surface area contributed by atoms with Crippen LogP contribution in [-0.4, -0.2) is 45.4 Å². The van der Waals surface area contributed by atoms with E-state index in [1.807, 2.05) is 6.92 Å². The molecule has 0 unspecified atom stereocenters. The van der Waals surface area contributed by atoms with Gasteiger partial charge in [0.1, 0.15) is 11.9 Å². The van der Waals surface area contributed by atoms with Gasteiger partial charge in [-0.3, -0.25) is 0 Å². The number of carbonyl (C=O) groups excluding carboxylic acids is 1. The van der Waals surface area contributed by atoms with Crippen molar-refractivity contribution >= 4 is 6.03 Å². The molecule has 1 aliphatic rings. The first-order valence-corrected chi connectivity index (χ1v) is 8.24. The third-order valence-corrected chi connectivity index (χ3v) is 4.49. The number of benzene rings is 1. The second-order valence-corrected chi connectivity index (χ2v) is 6.35. The summed E-state index contributed by atoms with van der Waals surface area (Å²) in [5.74, 6) is 0.184. The highest BCUT2D eigenvalue weighted by Gasteiger charge is 2.31. The number of aliphatic hydroxyl groups is 1. The van der Waals surface area contributed by atoms with E-state index in [-0.39, 0.29) is 23.9 Å². The predicted octanol–water partition coefficient (Wildman–Crippen LogP) is 2.02. The van der Waals surface area contributed by atoms with Gasteiger partial charge in [-0.05, 0) is 18.4 Å². The second-order valence-electron chi connectivity index (χ2n) is 6.35. The van der Waals surface area contributed by atoms with E-state index in [1.165, 1.54) is 11.0 Å². The lowest BCUT2D eigenvalue weighted by Gasteiger charge is -2.35. The number of amides is 2. The number of likely N-dealkylation sites (tertiary alicyclic amines) is 1. The molecule has 0 radical (unpaired) electrons. The minimum absolute atomic E-state index is 0.145. The van der Waals surface area contributed by atoms with Gasteiger partial charge < -0.3 is 19.8 Å². The number of β-amino-alcohol motifs (C(OH)–C–C–N with tert-alkyl or cyclic N) is 1. The van der Waals surface area contributed by atoms with Crippen LogP contribution < -0.4 is 5.32 Å². The largest absolute Gasteiger partial charge is 0.391 e. The molecule has 3 rings (SSSR count). The molecule has 7 nitrogen and oxygen atoms in total. The number of rotatable bonds is 3. The highest BCUT2D eigenvalue weighted by Crippen LogP contribution is 2.24. The molecule has 1 aliphatic heterocycles. The number of nitrogens with one attached hydrogen (secondary N) is 1. The fourth-order valence-electron chi connectivity index (χ4n) is 2.87. The Kier molecular flexibility index (Phi) is 4.98. The van der Waals surface area contributed by atoms with E-state index in [0.717, 1.165) is 0 Å². The van der Waals surface area contributed by atoms with Gasteiger partial charge in [-0.2, -0.15) is 4.98 Å². The van der Waals surface area contributed by atoms with E-state index >= 15 is 0 Å². The topological polar surface area (TPSA) is 91.5 Å². The predicted molar refractivity (Wildman–Crippen MR) is 87.2 cm³/mol. The molecule has 2 amide bonds. The Morgan fingerprint density at radius 1 is 1.48 bits per heavy atom. The Morgan fingerprint density at radius 2 is 2.24 bits per heavy atom. The molecule has 2 heterocycles. The summed E-state index contributed by atoms with van der Waals surface area (Å²) in [6, 6.07) is 4.86. The van der Waals surface area contributed by atoms with Gasteiger partial charge in [0.25, 0.3) is 0 Å². The molecule has 8 heteroatoms. The van der Waals surface area contributed by atoms with Gasteiger partial charge in [0, 0.05) is 25.6 Å². The van der Waals surface area contributed by atoms with E-state index in [9.17, 15) is 14.3 Å². The molecule has 2 aromatic rings. The van der Waals surface area contributed by atoms with Crippen LogP contribution in [0.3, 0.4) is 0 Å². The van der Waals surface area contributed by atoms with Gasteiger partial charge in [-0.25, -0.2) is 9.18 Å². The molecule has 0 saturated carbocycles. The summed E-state index contributed by atoms with van der Waals surface area (Å²) >= 11 is 0. The van der Waals surface area contributed by atoms with Crippen LogP contribution in [0.2, 0.25) is 0 Å². The molecule has 2 N–H and O–H groups in total. The van der Waals surface area contributed by atoms with Crippen molar-refractivity contribution in [3.63, 3.8) is 0 Å². The molecule has 3 atom stereocenters. The van der Waals surface area contributed by atoms with Crippen LogP contribution in [-0.2, 0) is 0 Å². The minimum Gasteiger partial charge on any atom is -0.391 e. The molecule has 1 aromatic carbocycles. The Morgan fingerprint density at radius 3 is 2.88 bits per heavy atom. The number of urea groups is 1. The smallest absolute Gasteiger partial charge is 0.318 e. The Balaban J connectivity index is 1.83. The zero-order chi connectivity index (χ0) is 18.0. The normalized spacial score (nSPS) is 21.8. The van der Waals surface area contributed by atoms with Gasteiger partial charge in [-0.15, -0.1) is 0 Å². The molecule has 1 saturated heterocycles. The van der Waals surface area contributed by atoms with Gasteiger partial charge in [0.05, 0.1) is 6.10 Å². The lowest BCUT2D eigenvalue weighted by molar-refractivity contribution is 0.0431.